The summed E-state index contributed by atoms with van der Waals surface area (Å²) in [7, 11) is -3.70. The maximum atomic E-state index is 13.4. The van der Waals surface area contributed by atoms with Crippen LogP contribution in [0.3, 0.4) is 0 Å². The van der Waals surface area contributed by atoms with E-state index in [2.05, 4.69) is 4.72 Å². The smallest absolute Gasteiger partial charge is 0.240 e. The Bertz CT molecular complexity index is 485. The highest BCUT2D eigenvalue weighted by Gasteiger charge is 2.18. The van der Waals surface area contributed by atoms with Crippen molar-refractivity contribution in [2.45, 2.75) is 25.3 Å². The van der Waals surface area contributed by atoms with E-state index in [1.807, 2.05) is 0 Å². The standard InChI is InChI=1S/C10H14FNO3S/c1-3-12-16(14,15)10-5-8(6-13)4-9(11)7(10)2/h4-5,12-13H,3,6H2,1-2H3. The average molecular weight is 247 g/mol. The number of hydrogen-bond acceptors (Lipinski definition) is 3. The predicted molar refractivity (Wildman–Crippen MR) is 57.9 cm³/mol. The summed E-state index contributed by atoms with van der Waals surface area (Å²) in [5.41, 5.74) is 0.290. The molecule has 0 spiro atoms. The normalized spacial score (nSPS) is 11.8. The number of sulfonamides is 1. The maximum Gasteiger partial charge on any atom is 0.240 e. The van der Waals surface area contributed by atoms with Crippen LogP contribution >= 0.6 is 0 Å². The number of aliphatic hydroxyl groups excluding tert-OH is 1. The fraction of sp³-hybridized carbons (Fsp3) is 0.400. The van der Waals surface area contributed by atoms with Crippen LogP contribution in [0.15, 0.2) is 17.0 Å². The molecule has 0 heterocycles. The number of hydrogen-bond donors (Lipinski definition) is 2. The molecule has 1 rings (SSSR count). The zero-order chi connectivity index (χ0) is 12.3. The third-order valence-electron chi connectivity index (χ3n) is 2.16. The molecule has 4 nitrogen and oxygen atoms in total. The van der Waals surface area contributed by atoms with Gasteiger partial charge in [0.05, 0.1) is 11.5 Å². The first kappa shape index (κ1) is 13.1. The van der Waals surface area contributed by atoms with Crippen molar-refractivity contribution >= 4 is 10.0 Å². The summed E-state index contributed by atoms with van der Waals surface area (Å²) >= 11 is 0. The molecule has 0 aliphatic heterocycles. The van der Waals surface area contributed by atoms with Crippen molar-refractivity contribution in [3.8, 4) is 0 Å². The number of aliphatic hydroxyl groups is 1. The third-order valence-corrected chi connectivity index (χ3v) is 3.83. The lowest BCUT2D eigenvalue weighted by atomic mass is 10.1. The molecule has 0 atom stereocenters. The molecule has 0 saturated carbocycles. The Morgan fingerprint density at radius 3 is 2.56 bits per heavy atom. The summed E-state index contributed by atoms with van der Waals surface area (Å²) in [5.74, 6) is -0.636. The van der Waals surface area contributed by atoms with Crippen LogP contribution in [0.2, 0.25) is 0 Å². The topological polar surface area (TPSA) is 66.4 Å². The second-order valence-electron chi connectivity index (χ2n) is 3.36. The van der Waals surface area contributed by atoms with Gasteiger partial charge in [0.15, 0.2) is 0 Å². The van der Waals surface area contributed by atoms with E-state index in [0.717, 1.165) is 6.07 Å². The molecule has 90 valence electrons. The van der Waals surface area contributed by atoms with E-state index in [4.69, 9.17) is 5.11 Å². The molecule has 2 N–H and O–H groups in total. The van der Waals surface area contributed by atoms with Crippen LogP contribution in [0.25, 0.3) is 0 Å². The molecular formula is C10H14FNO3S. The zero-order valence-electron chi connectivity index (χ0n) is 9.12. The minimum Gasteiger partial charge on any atom is -0.392 e. The van der Waals surface area contributed by atoms with Gasteiger partial charge in [0, 0.05) is 12.1 Å². The molecule has 1 aromatic carbocycles. The molecular weight excluding hydrogens is 233 g/mol. The molecule has 0 aliphatic rings. The van der Waals surface area contributed by atoms with Gasteiger partial charge in [-0.15, -0.1) is 0 Å². The van der Waals surface area contributed by atoms with E-state index in [1.54, 1.807) is 6.92 Å². The minimum atomic E-state index is -3.70. The summed E-state index contributed by atoms with van der Waals surface area (Å²) in [6, 6.07) is 2.40. The minimum absolute atomic E-state index is 0.0538. The molecule has 1 aromatic rings. The highest BCUT2D eigenvalue weighted by atomic mass is 32.2. The molecule has 6 heteroatoms. The Hall–Kier alpha value is -0.980. The fourth-order valence-electron chi connectivity index (χ4n) is 1.35. The summed E-state index contributed by atoms with van der Waals surface area (Å²) < 4.78 is 39.1. The first-order valence-electron chi connectivity index (χ1n) is 4.82. The van der Waals surface area contributed by atoms with Crippen LogP contribution in [-0.2, 0) is 16.6 Å². The summed E-state index contributed by atoms with van der Waals surface area (Å²) in [6.45, 7) is 2.86. The summed E-state index contributed by atoms with van der Waals surface area (Å²) in [5, 5.41) is 8.89. The van der Waals surface area contributed by atoms with Crippen molar-refractivity contribution in [2.24, 2.45) is 0 Å². The lowest BCUT2D eigenvalue weighted by Crippen LogP contribution is -2.24. The molecule has 0 amide bonds. The van der Waals surface area contributed by atoms with E-state index < -0.39 is 22.4 Å². The molecule has 0 aromatic heterocycles. The second kappa shape index (κ2) is 4.90. The largest absolute Gasteiger partial charge is 0.392 e. The van der Waals surface area contributed by atoms with E-state index >= 15 is 0 Å². The maximum absolute atomic E-state index is 13.4. The Morgan fingerprint density at radius 1 is 1.44 bits per heavy atom. The zero-order valence-corrected chi connectivity index (χ0v) is 9.94. The van der Waals surface area contributed by atoms with Crippen LogP contribution < -0.4 is 4.72 Å². The van der Waals surface area contributed by atoms with Crippen LogP contribution in [0, 0.1) is 12.7 Å². The first-order valence-corrected chi connectivity index (χ1v) is 6.30. The molecule has 0 radical (unpaired) electrons. The summed E-state index contributed by atoms with van der Waals surface area (Å²) in [6.07, 6.45) is 0. The molecule has 16 heavy (non-hydrogen) atoms. The lowest BCUT2D eigenvalue weighted by Gasteiger charge is -2.10. The van der Waals surface area contributed by atoms with Crippen molar-refractivity contribution < 1.29 is 17.9 Å². The van der Waals surface area contributed by atoms with Gasteiger partial charge in [-0.25, -0.2) is 17.5 Å². The highest BCUT2D eigenvalue weighted by molar-refractivity contribution is 7.89. The number of halogens is 1. The van der Waals surface area contributed by atoms with E-state index in [9.17, 15) is 12.8 Å². The lowest BCUT2D eigenvalue weighted by molar-refractivity contribution is 0.281. The second-order valence-corrected chi connectivity index (χ2v) is 5.10. The molecule has 0 aliphatic carbocycles. The van der Waals surface area contributed by atoms with Gasteiger partial charge in [-0.05, 0) is 24.6 Å². The van der Waals surface area contributed by atoms with E-state index in [1.165, 1.54) is 13.0 Å². The Morgan fingerprint density at radius 2 is 2.06 bits per heavy atom. The van der Waals surface area contributed by atoms with Gasteiger partial charge < -0.3 is 5.11 Å². The monoisotopic (exact) mass is 247 g/mol. The fourth-order valence-corrected chi connectivity index (χ4v) is 2.69. The third kappa shape index (κ3) is 2.58. The van der Waals surface area contributed by atoms with Crippen LogP contribution in [0.1, 0.15) is 18.1 Å². The quantitative estimate of drug-likeness (QED) is 0.831. The van der Waals surface area contributed by atoms with Crippen LogP contribution in [0.5, 0.6) is 0 Å². The SMILES string of the molecule is CCNS(=O)(=O)c1cc(CO)cc(F)c1C. The van der Waals surface area contributed by atoms with Gasteiger partial charge in [-0.2, -0.15) is 0 Å². The van der Waals surface area contributed by atoms with Crippen molar-refractivity contribution in [3.05, 3.63) is 29.1 Å². The molecule has 0 fully saturated rings. The van der Waals surface area contributed by atoms with Crippen LogP contribution in [-0.4, -0.2) is 20.1 Å². The Kier molecular flexibility index (Phi) is 4.01. The predicted octanol–water partition coefficient (Wildman–Crippen LogP) is 0.925. The van der Waals surface area contributed by atoms with Crippen molar-refractivity contribution in [2.75, 3.05) is 6.54 Å². The molecule has 0 bridgehead atoms. The molecule has 0 saturated heterocycles. The van der Waals surface area contributed by atoms with Gasteiger partial charge in [0.2, 0.25) is 10.0 Å². The Balaban J connectivity index is 3.38. The van der Waals surface area contributed by atoms with E-state index in [-0.39, 0.29) is 22.6 Å². The van der Waals surface area contributed by atoms with E-state index in [0.29, 0.717) is 0 Å². The first-order chi connectivity index (χ1) is 7.42. The van der Waals surface area contributed by atoms with Gasteiger partial charge in [0.1, 0.15) is 5.82 Å². The van der Waals surface area contributed by atoms with Gasteiger partial charge in [-0.3, -0.25) is 0 Å². The van der Waals surface area contributed by atoms with Gasteiger partial charge in [0.25, 0.3) is 0 Å². The van der Waals surface area contributed by atoms with Gasteiger partial charge in [-0.1, -0.05) is 6.92 Å². The average Bonchev–Trinajstić information content (AvgIpc) is 2.21. The molecule has 0 unspecified atom stereocenters. The number of nitrogens with one attached hydrogen (secondary N) is 1. The van der Waals surface area contributed by atoms with Crippen molar-refractivity contribution in [1.82, 2.24) is 4.72 Å². The number of rotatable bonds is 4. The van der Waals surface area contributed by atoms with Gasteiger partial charge >= 0.3 is 0 Å². The highest BCUT2D eigenvalue weighted by Crippen LogP contribution is 2.20. The van der Waals surface area contributed by atoms with Crippen LogP contribution in [0.4, 0.5) is 4.39 Å². The van der Waals surface area contributed by atoms with Crippen molar-refractivity contribution in [1.29, 1.82) is 0 Å². The number of benzene rings is 1. The summed E-state index contributed by atoms with van der Waals surface area (Å²) in [4.78, 5) is -0.126. The Labute approximate surface area is 94.2 Å². The van der Waals surface area contributed by atoms with Crippen molar-refractivity contribution in [3.63, 3.8) is 0 Å².